The van der Waals surface area contributed by atoms with Gasteiger partial charge in [-0.05, 0) is 13.0 Å². The van der Waals surface area contributed by atoms with Gasteiger partial charge < -0.3 is 10.4 Å². The third-order valence-corrected chi connectivity index (χ3v) is 2.92. The summed E-state index contributed by atoms with van der Waals surface area (Å²) in [6.07, 6.45) is 0.533. The molecule has 1 rings (SSSR count). The first-order valence-corrected chi connectivity index (χ1v) is 6.12. The molecule has 0 aliphatic carbocycles. The number of rotatable bonds is 6. The van der Waals surface area contributed by atoms with E-state index in [0.29, 0.717) is 6.54 Å². The van der Waals surface area contributed by atoms with Crippen LogP contribution < -0.4 is 5.32 Å². The van der Waals surface area contributed by atoms with Crippen LogP contribution in [0.25, 0.3) is 0 Å². The first kappa shape index (κ1) is 14.1. The molecule has 0 aromatic carbocycles. The maximum atomic E-state index is 11.9. The van der Waals surface area contributed by atoms with Crippen LogP contribution >= 0.6 is 0 Å². The highest BCUT2D eigenvalue weighted by Crippen LogP contribution is 2.31. The SMILES string of the molecule is CCCNCC(O)CN1C(=O)CC(C)(C)C1=O. The number of hydrogen-bond acceptors (Lipinski definition) is 4. The number of nitrogens with zero attached hydrogens (tertiary/aromatic N) is 1. The molecule has 1 aliphatic heterocycles. The monoisotopic (exact) mass is 242 g/mol. The summed E-state index contributed by atoms with van der Waals surface area (Å²) in [5.41, 5.74) is -0.617. The maximum absolute atomic E-state index is 11.9. The molecule has 0 aromatic heterocycles. The van der Waals surface area contributed by atoms with Crippen molar-refractivity contribution in [3.05, 3.63) is 0 Å². The van der Waals surface area contributed by atoms with Gasteiger partial charge in [-0.1, -0.05) is 20.8 Å². The smallest absolute Gasteiger partial charge is 0.235 e. The minimum atomic E-state index is -0.691. The molecule has 1 fully saturated rings. The zero-order valence-electron chi connectivity index (χ0n) is 10.8. The fourth-order valence-electron chi connectivity index (χ4n) is 1.93. The van der Waals surface area contributed by atoms with Crippen molar-refractivity contribution >= 4 is 11.8 Å². The minimum absolute atomic E-state index is 0.0951. The van der Waals surface area contributed by atoms with E-state index in [4.69, 9.17) is 0 Å². The van der Waals surface area contributed by atoms with Crippen LogP contribution in [0.15, 0.2) is 0 Å². The molecular formula is C12H22N2O3. The molecule has 2 N–H and O–H groups in total. The molecule has 0 aromatic rings. The van der Waals surface area contributed by atoms with Crippen LogP contribution in [0, 0.1) is 5.41 Å². The number of β-amino-alcohol motifs (C(OH)–C–C–N with tert-alkyl or cyclic N) is 1. The van der Waals surface area contributed by atoms with Crippen LogP contribution in [-0.4, -0.2) is 47.6 Å². The zero-order chi connectivity index (χ0) is 13.1. The number of imide groups is 1. The first-order chi connectivity index (χ1) is 7.88. The largest absolute Gasteiger partial charge is 0.390 e. The van der Waals surface area contributed by atoms with Gasteiger partial charge in [0, 0.05) is 13.0 Å². The van der Waals surface area contributed by atoms with Gasteiger partial charge in [0.15, 0.2) is 0 Å². The topological polar surface area (TPSA) is 69.6 Å². The summed E-state index contributed by atoms with van der Waals surface area (Å²) in [4.78, 5) is 24.7. The highest BCUT2D eigenvalue weighted by molar-refractivity contribution is 6.05. The third-order valence-electron chi connectivity index (χ3n) is 2.92. The van der Waals surface area contributed by atoms with E-state index in [-0.39, 0.29) is 24.8 Å². The fourth-order valence-corrected chi connectivity index (χ4v) is 1.93. The molecule has 17 heavy (non-hydrogen) atoms. The van der Waals surface area contributed by atoms with Gasteiger partial charge in [0.2, 0.25) is 11.8 Å². The van der Waals surface area contributed by atoms with Crippen molar-refractivity contribution < 1.29 is 14.7 Å². The molecule has 5 nitrogen and oxygen atoms in total. The van der Waals surface area contributed by atoms with Crippen molar-refractivity contribution in [1.82, 2.24) is 10.2 Å². The second kappa shape index (κ2) is 5.60. The van der Waals surface area contributed by atoms with Crippen molar-refractivity contribution in [3.8, 4) is 0 Å². The molecule has 1 atom stereocenters. The van der Waals surface area contributed by atoms with Gasteiger partial charge in [0.25, 0.3) is 0 Å². The number of hydrogen-bond donors (Lipinski definition) is 2. The normalized spacial score (nSPS) is 21.1. The zero-order valence-corrected chi connectivity index (χ0v) is 10.8. The van der Waals surface area contributed by atoms with Crippen molar-refractivity contribution in [2.75, 3.05) is 19.6 Å². The average molecular weight is 242 g/mol. The summed E-state index contributed by atoms with van der Waals surface area (Å²) in [6.45, 7) is 6.88. The number of amides is 2. The lowest BCUT2D eigenvalue weighted by molar-refractivity contribution is -0.142. The van der Waals surface area contributed by atoms with Crippen LogP contribution in [0.3, 0.4) is 0 Å². The second-order valence-electron chi connectivity index (χ2n) is 5.23. The molecule has 1 saturated heterocycles. The number of nitrogens with one attached hydrogen (secondary N) is 1. The van der Waals surface area contributed by atoms with E-state index in [9.17, 15) is 14.7 Å². The Morgan fingerprint density at radius 3 is 2.59 bits per heavy atom. The quantitative estimate of drug-likeness (QED) is 0.513. The number of aliphatic hydroxyl groups is 1. The average Bonchev–Trinajstić information content (AvgIpc) is 2.41. The Morgan fingerprint density at radius 2 is 2.12 bits per heavy atom. The Labute approximate surface area is 102 Å². The van der Waals surface area contributed by atoms with Gasteiger partial charge in [0.05, 0.1) is 18.1 Å². The highest BCUT2D eigenvalue weighted by atomic mass is 16.3. The van der Waals surface area contributed by atoms with E-state index in [1.807, 2.05) is 6.92 Å². The van der Waals surface area contributed by atoms with E-state index in [0.717, 1.165) is 13.0 Å². The summed E-state index contributed by atoms with van der Waals surface area (Å²) in [5.74, 6) is -0.369. The van der Waals surface area contributed by atoms with E-state index >= 15 is 0 Å². The molecular weight excluding hydrogens is 220 g/mol. The minimum Gasteiger partial charge on any atom is -0.390 e. The van der Waals surface area contributed by atoms with Crippen LogP contribution in [0.1, 0.15) is 33.6 Å². The molecule has 0 spiro atoms. The molecule has 1 unspecified atom stereocenters. The summed E-state index contributed by atoms with van der Waals surface area (Å²) in [6, 6.07) is 0. The molecule has 0 radical (unpaired) electrons. The Morgan fingerprint density at radius 1 is 1.47 bits per heavy atom. The summed E-state index contributed by atoms with van der Waals surface area (Å²) in [5, 5.41) is 12.8. The van der Waals surface area contributed by atoms with E-state index in [1.54, 1.807) is 13.8 Å². The van der Waals surface area contributed by atoms with Crippen molar-refractivity contribution in [2.45, 2.75) is 39.7 Å². The Balaban J connectivity index is 2.46. The van der Waals surface area contributed by atoms with E-state index in [2.05, 4.69) is 5.32 Å². The Hall–Kier alpha value is -0.940. The number of likely N-dealkylation sites (tertiary alicyclic amines) is 1. The number of carbonyl (C=O) groups is 2. The van der Waals surface area contributed by atoms with Gasteiger partial charge in [0.1, 0.15) is 0 Å². The predicted molar refractivity (Wildman–Crippen MR) is 64.3 cm³/mol. The lowest BCUT2D eigenvalue weighted by Crippen LogP contribution is -2.42. The molecule has 0 bridgehead atoms. The third kappa shape index (κ3) is 3.51. The van der Waals surface area contributed by atoms with Crippen LogP contribution in [0.5, 0.6) is 0 Å². The van der Waals surface area contributed by atoms with Crippen molar-refractivity contribution in [2.24, 2.45) is 5.41 Å². The van der Waals surface area contributed by atoms with Crippen LogP contribution in [0.4, 0.5) is 0 Å². The number of carbonyl (C=O) groups excluding carboxylic acids is 2. The highest BCUT2D eigenvalue weighted by Gasteiger charge is 2.44. The summed E-state index contributed by atoms with van der Waals surface area (Å²) < 4.78 is 0. The lowest BCUT2D eigenvalue weighted by Gasteiger charge is -2.21. The predicted octanol–water partition coefficient (Wildman–Crippen LogP) is 0.132. The molecule has 0 saturated carbocycles. The maximum Gasteiger partial charge on any atom is 0.235 e. The van der Waals surface area contributed by atoms with E-state index < -0.39 is 11.5 Å². The fraction of sp³-hybridized carbons (Fsp3) is 0.833. The van der Waals surface area contributed by atoms with Gasteiger partial charge in [-0.3, -0.25) is 14.5 Å². The molecule has 1 heterocycles. The summed E-state index contributed by atoms with van der Waals surface area (Å²) in [7, 11) is 0. The van der Waals surface area contributed by atoms with Gasteiger partial charge in [-0.15, -0.1) is 0 Å². The molecule has 1 aliphatic rings. The Kier molecular flexibility index (Phi) is 4.65. The van der Waals surface area contributed by atoms with Crippen LogP contribution in [0.2, 0.25) is 0 Å². The first-order valence-electron chi connectivity index (χ1n) is 6.12. The lowest BCUT2D eigenvalue weighted by atomic mass is 9.92. The standard InChI is InChI=1S/C12H22N2O3/c1-4-5-13-7-9(15)8-14-10(16)6-12(2,3)11(14)17/h9,13,15H,4-8H2,1-3H3. The second-order valence-corrected chi connectivity index (χ2v) is 5.23. The van der Waals surface area contributed by atoms with E-state index in [1.165, 1.54) is 4.90 Å². The molecule has 2 amide bonds. The van der Waals surface area contributed by atoms with Crippen molar-refractivity contribution in [1.29, 1.82) is 0 Å². The van der Waals surface area contributed by atoms with Gasteiger partial charge in [-0.25, -0.2) is 0 Å². The Bertz CT molecular complexity index is 302. The summed E-state index contributed by atoms with van der Waals surface area (Å²) >= 11 is 0. The number of aliphatic hydroxyl groups excluding tert-OH is 1. The van der Waals surface area contributed by atoms with Crippen molar-refractivity contribution in [3.63, 3.8) is 0 Å². The molecule has 98 valence electrons. The van der Waals surface area contributed by atoms with Gasteiger partial charge in [-0.2, -0.15) is 0 Å². The molecule has 5 heteroatoms. The van der Waals surface area contributed by atoms with Gasteiger partial charge >= 0.3 is 0 Å². The van der Waals surface area contributed by atoms with Crippen LogP contribution in [-0.2, 0) is 9.59 Å².